The van der Waals surface area contributed by atoms with E-state index in [0.717, 1.165) is 40.0 Å². The molecule has 0 unspecified atom stereocenters. The van der Waals surface area contributed by atoms with Gasteiger partial charge in [0, 0.05) is 21.3 Å². The molecule has 3 nitrogen and oxygen atoms in total. The Hall–Kier alpha value is -1.42. The number of rotatable bonds is 1. The van der Waals surface area contributed by atoms with Crippen molar-refractivity contribution in [3.8, 4) is 11.4 Å². The fraction of sp³-hybridized carbons (Fsp3) is 0.286. The first-order valence-corrected chi connectivity index (χ1v) is 6.95. The van der Waals surface area contributed by atoms with Crippen LogP contribution in [0.2, 0.25) is 0 Å². The predicted octanol–water partition coefficient (Wildman–Crippen LogP) is 3.37. The van der Waals surface area contributed by atoms with E-state index in [2.05, 4.69) is 25.9 Å². The molecule has 1 heterocycles. The molecule has 1 aliphatic carbocycles. The second kappa shape index (κ2) is 4.69. The van der Waals surface area contributed by atoms with Crippen molar-refractivity contribution in [2.24, 2.45) is 0 Å². The Bertz CT molecular complexity index is 596. The lowest BCUT2D eigenvalue weighted by Crippen LogP contribution is -2.11. The van der Waals surface area contributed by atoms with Crippen LogP contribution in [-0.4, -0.2) is 9.97 Å². The summed E-state index contributed by atoms with van der Waals surface area (Å²) in [6, 6.07) is 7.97. The molecule has 1 aromatic heterocycles. The monoisotopic (exact) mass is 303 g/mol. The van der Waals surface area contributed by atoms with Crippen molar-refractivity contribution in [1.29, 1.82) is 0 Å². The van der Waals surface area contributed by atoms with Crippen LogP contribution in [0.15, 0.2) is 28.7 Å². The maximum absolute atomic E-state index is 6.06. The maximum Gasteiger partial charge on any atom is 0.162 e. The number of fused-ring (bicyclic) bond motifs is 1. The van der Waals surface area contributed by atoms with Gasteiger partial charge in [-0.05, 0) is 31.7 Å². The van der Waals surface area contributed by atoms with E-state index >= 15 is 0 Å². The van der Waals surface area contributed by atoms with Gasteiger partial charge in [0.05, 0.1) is 0 Å². The molecule has 0 saturated carbocycles. The van der Waals surface area contributed by atoms with Crippen molar-refractivity contribution in [2.75, 3.05) is 5.73 Å². The zero-order valence-corrected chi connectivity index (χ0v) is 11.6. The lowest BCUT2D eigenvalue weighted by atomic mass is 9.96. The summed E-state index contributed by atoms with van der Waals surface area (Å²) in [5.41, 5.74) is 9.34. The average molecular weight is 304 g/mol. The molecule has 0 radical (unpaired) electrons. The van der Waals surface area contributed by atoms with Gasteiger partial charge in [-0.1, -0.05) is 34.1 Å². The summed E-state index contributed by atoms with van der Waals surface area (Å²) < 4.78 is 1.00. The first-order chi connectivity index (χ1) is 8.75. The number of hydrogen-bond acceptors (Lipinski definition) is 3. The molecule has 0 saturated heterocycles. The first-order valence-electron chi connectivity index (χ1n) is 6.16. The van der Waals surface area contributed by atoms with E-state index in [1.54, 1.807) is 0 Å². The van der Waals surface area contributed by atoms with E-state index < -0.39 is 0 Å². The standard InChI is InChI=1S/C14H14BrN3/c15-11-7-3-1-5-9(11)14-17-12-8-4-2-6-10(12)13(16)18-14/h1,3,5,7H,2,4,6,8H2,(H2,16,17,18). The van der Waals surface area contributed by atoms with E-state index in [0.29, 0.717) is 5.82 Å². The van der Waals surface area contributed by atoms with E-state index in [4.69, 9.17) is 5.73 Å². The van der Waals surface area contributed by atoms with Crippen LogP contribution >= 0.6 is 15.9 Å². The largest absolute Gasteiger partial charge is 0.383 e. The number of halogens is 1. The Balaban J connectivity index is 2.14. The smallest absolute Gasteiger partial charge is 0.162 e. The number of aryl methyl sites for hydroxylation is 1. The van der Waals surface area contributed by atoms with E-state index in [1.165, 1.54) is 12.8 Å². The van der Waals surface area contributed by atoms with Crippen LogP contribution in [0.5, 0.6) is 0 Å². The number of nitrogens with zero attached hydrogens (tertiary/aromatic N) is 2. The molecular formula is C14H14BrN3. The Kier molecular flexibility index (Phi) is 3.04. The molecule has 2 aromatic rings. The highest BCUT2D eigenvalue weighted by atomic mass is 79.9. The van der Waals surface area contributed by atoms with Crippen LogP contribution in [-0.2, 0) is 12.8 Å². The lowest BCUT2D eigenvalue weighted by Gasteiger charge is -2.17. The highest BCUT2D eigenvalue weighted by Crippen LogP contribution is 2.30. The summed E-state index contributed by atoms with van der Waals surface area (Å²) in [4.78, 5) is 9.14. The summed E-state index contributed by atoms with van der Waals surface area (Å²) in [6.07, 6.45) is 4.41. The van der Waals surface area contributed by atoms with Crippen molar-refractivity contribution in [2.45, 2.75) is 25.7 Å². The van der Waals surface area contributed by atoms with Crippen molar-refractivity contribution in [1.82, 2.24) is 9.97 Å². The molecule has 0 spiro atoms. The third-order valence-electron chi connectivity index (χ3n) is 3.33. The molecule has 3 rings (SSSR count). The quantitative estimate of drug-likeness (QED) is 0.879. The molecule has 0 aliphatic heterocycles. The number of anilines is 1. The average Bonchev–Trinajstić information content (AvgIpc) is 2.39. The summed E-state index contributed by atoms with van der Waals surface area (Å²) in [6.45, 7) is 0. The van der Waals surface area contributed by atoms with Crippen LogP contribution in [0.25, 0.3) is 11.4 Å². The molecule has 1 aliphatic rings. The third-order valence-corrected chi connectivity index (χ3v) is 4.02. The van der Waals surface area contributed by atoms with Crippen molar-refractivity contribution in [3.63, 3.8) is 0 Å². The van der Waals surface area contributed by atoms with Crippen molar-refractivity contribution < 1.29 is 0 Å². The molecule has 4 heteroatoms. The Labute approximate surface area is 115 Å². The molecule has 2 N–H and O–H groups in total. The SMILES string of the molecule is Nc1nc(-c2ccccc2Br)nc2c1CCCC2. The Morgan fingerprint density at radius 2 is 1.83 bits per heavy atom. The lowest BCUT2D eigenvalue weighted by molar-refractivity contribution is 0.666. The topological polar surface area (TPSA) is 51.8 Å². The molecule has 18 heavy (non-hydrogen) atoms. The van der Waals surface area contributed by atoms with Crippen molar-refractivity contribution >= 4 is 21.7 Å². The van der Waals surface area contributed by atoms with Gasteiger partial charge < -0.3 is 5.73 Å². The van der Waals surface area contributed by atoms with Gasteiger partial charge in [0.25, 0.3) is 0 Å². The van der Waals surface area contributed by atoms with E-state index in [-0.39, 0.29) is 0 Å². The molecule has 0 bridgehead atoms. The molecule has 0 fully saturated rings. The minimum absolute atomic E-state index is 0.644. The van der Waals surface area contributed by atoms with Gasteiger partial charge in [0.1, 0.15) is 5.82 Å². The fourth-order valence-electron chi connectivity index (χ4n) is 2.39. The Morgan fingerprint density at radius 3 is 2.67 bits per heavy atom. The maximum atomic E-state index is 6.06. The van der Waals surface area contributed by atoms with Gasteiger partial charge in [-0.2, -0.15) is 0 Å². The zero-order valence-electron chi connectivity index (χ0n) is 9.99. The fourth-order valence-corrected chi connectivity index (χ4v) is 2.85. The molecule has 0 atom stereocenters. The third kappa shape index (κ3) is 2.01. The predicted molar refractivity (Wildman–Crippen MR) is 76.2 cm³/mol. The number of aromatic nitrogens is 2. The van der Waals surface area contributed by atoms with Gasteiger partial charge in [-0.25, -0.2) is 9.97 Å². The molecule has 1 aromatic carbocycles. The number of nitrogen functional groups attached to an aromatic ring is 1. The van der Waals surface area contributed by atoms with Gasteiger partial charge >= 0.3 is 0 Å². The molecule has 92 valence electrons. The van der Waals surface area contributed by atoms with Gasteiger partial charge in [0.15, 0.2) is 5.82 Å². The summed E-state index contributed by atoms with van der Waals surface area (Å²) in [5, 5.41) is 0. The zero-order chi connectivity index (χ0) is 12.5. The van der Waals surface area contributed by atoms with Crippen molar-refractivity contribution in [3.05, 3.63) is 40.0 Å². The van der Waals surface area contributed by atoms with E-state index in [1.807, 2.05) is 24.3 Å². The summed E-state index contributed by atoms with van der Waals surface area (Å²) in [5.74, 6) is 1.37. The van der Waals surface area contributed by atoms with Crippen LogP contribution in [0.3, 0.4) is 0 Å². The second-order valence-corrected chi connectivity index (χ2v) is 5.40. The van der Waals surface area contributed by atoms with Crippen LogP contribution < -0.4 is 5.73 Å². The molecule has 0 amide bonds. The minimum Gasteiger partial charge on any atom is -0.383 e. The number of nitrogens with two attached hydrogens (primary N) is 1. The summed E-state index contributed by atoms with van der Waals surface area (Å²) in [7, 11) is 0. The normalized spacial score (nSPS) is 14.3. The summed E-state index contributed by atoms with van der Waals surface area (Å²) >= 11 is 3.53. The van der Waals surface area contributed by atoms with E-state index in [9.17, 15) is 0 Å². The van der Waals surface area contributed by atoms with Gasteiger partial charge in [-0.15, -0.1) is 0 Å². The van der Waals surface area contributed by atoms with Crippen LogP contribution in [0.1, 0.15) is 24.1 Å². The minimum atomic E-state index is 0.644. The number of hydrogen-bond donors (Lipinski definition) is 1. The highest BCUT2D eigenvalue weighted by molar-refractivity contribution is 9.10. The van der Waals surface area contributed by atoms with Crippen LogP contribution in [0, 0.1) is 0 Å². The van der Waals surface area contributed by atoms with Gasteiger partial charge in [-0.3, -0.25) is 0 Å². The molecular weight excluding hydrogens is 290 g/mol. The first kappa shape index (κ1) is 11.7. The second-order valence-electron chi connectivity index (χ2n) is 4.54. The number of benzene rings is 1. The van der Waals surface area contributed by atoms with Gasteiger partial charge in [0.2, 0.25) is 0 Å². The van der Waals surface area contributed by atoms with Crippen LogP contribution in [0.4, 0.5) is 5.82 Å². The Morgan fingerprint density at radius 1 is 1.06 bits per heavy atom. The highest BCUT2D eigenvalue weighted by Gasteiger charge is 2.17.